The molecule has 0 unspecified atom stereocenters. The Balaban J connectivity index is 1.66. The smallest absolute Gasteiger partial charge is 0.266 e. The van der Waals surface area contributed by atoms with Gasteiger partial charge in [-0.1, -0.05) is 23.8 Å². The van der Waals surface area contributed by atoms with Crippen LogP contribution in [0.5, 0.6) is 0 Å². The number of hydrogen-bond acceptors (Lipinski definition) is 6. The first-order valence-corrected chi connectivity index (χ1v) is 10.0. The number of aromatic nitrogens is 2. The molecule has 5 nitrogen and oxygen atoms in total. The minimum Gasteiger partial charge on any atom is -0.266 e. The lowest BCUT2D eigenvalue weighted by Crippen LogP contribution is -2.09. The van der Waals surface area contributed by atoms with E-state index in [-0.39, 0.29) is 11.5 Å². The van der Waals surface area contributed by atoms with Gasteiger partial charge in [-0.3, -0.25) is 9.17 Å². The van der Waals surface area contributed by atoms with Crippen LogP contribution in [0.2, 0.25) is 0 Å². The van der Waals surface area contributed by atoms with Gasteiger partial charge in [-0.15, -0.1) is 11.3 Å². The minimum absolute atomic E-state index is 0.0580. The Hall–Kier alpha value is -2.09. The molecule has 0 saturated heterocycles. The molecule has 2 heterocycles. The third-order valence-electron chi connectivity index (χ3n) is 3.66. The number of hydrogen-bond donors (Lipinski definition) is 0. The number of pyridine rings is 1. The largest absolute Gasteiger partial charge is 0.296 e. The van der Waals surface area contributed by atoms with Crippen LogP contribution in [0, 0.1) is 13.8 Å². The zero-order valence-electron chi connectivity index (χ0n) is 14.0. The highest BCUT2D eigenvalue weighted by atomic mass is 32.2. The van der Waals surface area contributed by atoms with Crippen molar-refractivity contribution in [1.29, 1.82) is 0 Å². The van der Waals surface area contributed by atoms with E-state index in [2.05, 4.69) is 9.97 Å². The molecule has 0 radical (unpaired) electrons. The summed E-state index contributed by atoms with van der Waals surface area (Å²) in [7, 11) is -3.74. The molecule has 3 aromatic rings. The highest BCUT2D eigenvalue weighted by Crippen LogP contribution is 2.26. The Morgan fingerprint density at radius 3 is 2.52 bits per heavy atom. The van der Waals surface area contributed by atoms with Crippen molar-refractivity contribution >= 4 is 21.5 Å². The monoisotopic (exact) mass is 374 g/mol. The SMILES string of the molecule is Cc1ccc(S(=O)(=O)OCCc2nc(-c3ccccn3)sc2C)cc1. The molecule has 25 heavy (non-hydrogen) atoms. The molecule has 0 aliphatic carbocycles. The predicted octanol–water partition coefficient (Wildman–Crippen LogP) is 3.77. The second kappa shape index (κ2) is 7.43. The number of aryl methyl sites for hydroxylation is 2. The van der Waals surface area contributed by atoms with E-state index in [9.17, 15) is 8.42 Å². The van der Waals surface area contributed by atoms with Gasteiger partial charge in [-0.2, -0.15) is 8.42 Å². The fourth-order valence-electron chi connectivity index (χ4n) is 2.28. The molecule has 7 heteroatoms. The Labute approximate surface area is 151 Å². The molecule has 0 aliphatic heterocycles. The van der Waals surface area contributed by atoms with Gasteiger partial charge in [-0.05, 0) is 38.1 Å². The number of benzene rings is 1. The topological polar surface area (TPSA) is 69.2 Å². The third kappa shape index (κ3) is 4.31. The molecular weight excluding hydrogens is 356 g/mol. The Kier molecular flexibility index (Phi) is 5.27. The second-order valence-corrected chi connectivity index (χ2v) is 8.39. The second-order valence-electron chi connectivity index (χ2n) is 5.58. The Morgan fingerprint density at radius 1 is 1.08 bits per heavy atom. The summed E-state index contributed by atoms with van der Waals surface area (Å²) in [6, 6.07) is 12.3. The minimum atomic E-state index is -3.74. The van der Waals surface area contributed by atoms with Crippen LogP contribution in [-0.4, -0.2) is 25.0 Å². The molecule has 0 fully saturated rings. The summed E-state index contributed by atoms with van der Waals surface area (Å²) in [5.41, 5.74) is 2.65. The predicted molar refractivity (Wildman–Crippen MR) is 98.1 cm³/mol. The zero-order chi connectivity index (χ0) is 17.9. The number of nitrogens with zero attached hydrogens (tertiary/aromatic N) is 2. The average molecular weight is 374 g/mol. The quantitative estimate of drug-likeness (QED) is 0.614. The van der Waals surface area contributed by atoms with Gasteiger partial charge in [0.15, 0.2) is 0 Å². The van der Waals surface area contributed by atoms with Crippen LogP contribution in [0.4, 0.5) is 0 Å². The molecule has 130 valence electrons. The van der Waals surface area contributed by atoms with Crippen molar-refractivity contribution in [1.82, 2.24) is 9.97 Å². The first-order chi connectivity index (χ1) is 12.0. The fraction of sp³-hybridized carbons (Fsp3) is 0.222. The van der Waals surface area contributed by atoms with Crippen LogP contribution in [0.25, 0.3) is 10.7 Å². The molecule has 3 rings (SSSR count). The molecule has 0 amide bonds. The summed E-state index contributed by atoms with van der Waals surface area (Å²) >= 11 is 1.54. The Morgan fingerprint density at radius 2 is 1.84 bits per heavy atom. The standard InChI is InChI=1S/C18H18N2O3S2/c1-13-6-8-15(9-7-13)25(21,22)23-12-10-16-14(2)24-18(20-16)17-5-3-4-11-19-17/h3-9,11H,10,12H2,1-2H3. The van der Waals surface area contributed by atoms with Crippen molar-refractivity contribution in [3.63, 3.8) is 0 Å². The first-order valence-electron chi connectivity index (χ1n) is 7.79. The van der Waals surface area contributed by atoms with Gasteiger partial charge < -0.3 is 0 Å². The highest BCUT2D eigenvalue weighted by Gasteiger charge is 2.16. The van der Waals surface area contributed by atoms with Crippen LogP contribution in [0.3, 0.4) is 0 Å². The van der Waals surface area contributed by atoms with Gasteiger partial charge in [0.1, 0.15) is 5.01 Å². The van der Waals surface area contributed by atoms with E-state index in [1.807, 2.05) is 32.0 Å². The summed E-state index contributed by atoms with van der Waals surface area (Å²) in [6.45, 7) is 3.93. The van der Waals surface area contributed by atoms with Gasteiger partial charge in [0.25, 0.3) is 10.1 Å². The molecular formula is C18H18N2O3S2. The molecule has 2 aromatic heterocycles. The van der Waals surface area contributed by atoms with E-state index in [4.69, 9.17) is 4.18 Å². The lowest BCUT2D eigenvalue weighted by atomic mass is 10.2. The maximum absolute atomic E-state index is 12.2. The molecule has 0 aliphatic rings. The van der Waals surface area contributed by atoms with E-state index in [0.29, 0.717) is 6.42 Å². The van der Waals surface area contributed by atoms with Crippen LogP contribution in [-0.2, 0) is 20.7 Å². The van der Waals surface area contributed by atoms with Gasteiger partial charge in [0.05, 0.1) is 22.9 Å². The van der Waals surface area contributed by atoms with E-state index in [1.165, 1.54) is 0 Å². The molecule has 0 atom stereocenters. The molecule has 0 N–H and O–H groups in total. The third-order valence-corrected chi connectivity index (χ3v) is 6.03. The van der Waals surface area contributed by atoms with Crippen molar-refractivity contribution < 1.29 is 12.6 Å². The van der Waals surface area contributed by atoms with Crippen LogP contribution in [0.1, 0.15) is 16.1 Å². The normalized spacial score (nSPS) is 11.6. The number of rotatable bonds is 6. The maximum atomic E-state index is 12.2. The summed E-state index contributed by atoms with van der Waals surface area (Å²) in [5.74, 6) is 0. The molecule has 0 spiro atoms. The van der Waals surface area contributed by atoms with Crippen molar-refractivity contribution in [2.24, 2.45) is 0 Å². The molecule has 0 saturated carbocycles. The summed E-state index contributed by atoms with van der Waals surface area (Å²) < 4.78 is 29.5. The van der Waals surface area contributed by atoms with Gasteiger partial charge >= 0.3 is 0 Å². The van der Waals surface area contributed by atoms with E-state index in [0.717, 1.165) is 26.8 Å². The van der Waals surface area contributed by atoms with Crippen molar-refractivity contribution in [2.45, 2.75) is 25.2 Å². The van der Waals surface area contributed by atoms with Gasteiger partial charge in [0.2, 0.25) is 0 Å². The lowest BCUT2D eigenvalue weighted by Gasteiger charge is -2.05. The van der Waals surface area contributed by atoms with Crippen molar-refractivity contribution in [3.8, 4) is 10.7 Å². The summed E-state index contributed by atoms with van der Waals surface area (Å²) in [5, 5.41) is 0.828. The Bertz CT molecular complexity index is 950. The summed E-state index contributed by atoms with van der Waals surface area (Å²) in [6.07, 6.45) is 2.16. The summed E-state index contributed by atoms with van der Waals surface area (Å²) in [4.78, 5) is 10.1. The lowest BCUT2D eigenvalue weighted by molar-refractivity contribution is 0.321. The van der Waals surface area contributed by atoms with Crippen LogP contribution < -0.4 is 0 Å². The molecule has 0 bridgehead atoms. The highest BCUT2D eigenvalue weighted by molar-refractivity contribution is 7.86. The maximum Gasteiger partial charge on any atom is 0.296 e. The van der Waals surface area contributed by atoms with E-state index < -0.39 is 10.1 Å². The van der Waals surface area contributed by atoms with Gasteiger partial charge in [-0.25, -0.2) is 4.98 Å². The van der Waals surface area contributed by atoms with Crippen molar-refractivity contribution in [3.05, 3.63) is 64.8 Å². The first kappa shape index (κ1) is 17.7. The zero-order valence-corrected chi connectivity index (χ0v) is 15.6. The van der Waals surface area contributed by atoms with E-state index >= 15 is 0 Å². The van der Waals surface area contributed by atoms with Crippen LogP contribution in [0.15, 0.2) is 53.6 Å². The number of thiazole rings is 1. The van der Waals surface area contributed by atoms with Crippen molar-refractivity contribution in [2.75, 3.05) is 6.61 Å². The molecule has 1 aromatic carbocycles. The average Bonchev–Trinajstić information content (AvgIpc) is 2.97. The fourth-order valence-corrected chi connectivity index (χ4v) is 4.12. The van der Waals surface area contributed by atoms with Gasteiger partial charge in [0, 0.05) is 17.5 Å². The van der Waals surface area contributed by atoms with E-state index in [1.54, 1.807) is 41.8 Å². The van der Waals surface area contributed by atoms with Crippen LogP contribution >= 0.6 is 11.3 Å².